The Bertz CT molecular complexity index is 4010. The van der Waals surface area contributed by atoms with Gasteiger partial charge in [-0.05, 0) is 158 Å². The second kappa shape index (κ2) is 13.3. The van der Waals surface area contributed by atoms with Crippen LogP contribution in [0.4, 0.5) is 17.1 Å². The maximum absolute atomic E-state index is 6.98. The number of aromatic nitrogens is 1. The molecule has 0 spiro atoms. The third kappa shape index (κ3) is 5.02. The van der Waals surface area contributed by atoms with E-state index in [1.165, 1.54) is 94.0 Å². The highest BCUT2D eigenvalue weighted by Crippen LogP contribution is 2.64. The average molecular weight is 879 g/mol. The number of anilines is 3. The van der Waals surface area contributed by atoms with Crippen molar-refractivity contribution in [2.24, 2.45) is 0 Å². The highest BCUT2D eigenvalue weighted by Gasteiger charge is 2.49. The van der Waals surface area contributed by atoms with Crippen LogP contribution < -0.4 is 4.90 Å². The fourth-order valence-electron chi connectivity index (χ4n) is 13.2. The molecule has 4 heteroatoms. The van der Waals surface area contributed by atoms with Gasteiger partial charge in [0.1, 0.15) is 22.3 Å². The van der Waals surface area contributed by atoms with Gasteiger partial charge in [0.25, 0.3) is 0 Å². The first kappa shape index (κ1) is 39.5. The van der Waals surface area contributed by atoms with Crippen LogP contribution in [0.5, 0.6) is 0 Å². The summed E-state index contributed by atoms with van der Waals surface area (Å²) in [6, 6.07) is 54.0. The Balaban J connectivity index is 0.997. The fourth-order valence-corrected chi connectivity index (χ4v) is 13.2. The van der Waals surface area contributed by atoms with Crippen LogP contribution in [-0.2, 0) is 16.2 Å². The number of fused-ring (bicyclic) bond motifs is 19. The molecule has 3 aromatic heterocycles. The van der Waals surface area contributed by atoms with E-state index in [0.29, 0.717) is 0 Å². The fraction of sp³-hybridized carbons (Fsp3) is 0.172. The van der Waals surface area contributed by atoms with Crippen LogP contribution in [-0.4, -0.2) is 4.98 Å². The van der Waals surface area contributed by atoms with E-state index in [0.717, 1.165) is 55.9 Å². The predicted molar refractivity (Wildman–Crippen MR) is 281 cm³/mol. The minimum absolute atomic E-state index is 0.224. The Morgan fingerprint density at radius 3 is 1.62 bits per heavy atom. The molecule has 0 amide bonds. The maximum Gasteiger partial charge on any atom is 0.144 e. The zero-order valence-corrected chi connectivity index (χ0v) is 39.7. The highest BCUT2D eigenvalue weighted by atomic mass is 16.3. The first-order valence-electron chi connectivity index (χ1n) is 24.0. The lowest BCUT2D eigenvalue weighted by Gasteiger charge is -2.32. The van der Waals surface area contributed by atoms with E-state index in [1.54, 1.807) is 0 Å². The van der Waals surface area contributed by atoms with Crippen molar-refractivity contribution in [1.82, 2.24) is 4.98 Å². The molecule has 3 heterocycles. The Labute approximate surface area is 396 Å². The van der Waals surface area contributed by atoms with Crippen LogP contribution in [0.3, 0.4) is 0 Å². The van der Waals surface area contributed by atoms with E-state index in [9.17, 15) is 0 Å². The summed E-state index contributed by atoms with van der Waals surface area (Å²) in [6.07, 6.45) is 3.74. The third-order valence-electron chi connectivity index (χ3n) is 16.1. The lowest BCUT2D eigenvalue weighted by atomic mass is 9.72. The minimum Gasteiger partial charge on any atom is -0.455 e. The third-order valence-corrected chi connectivity index (χ3v) is 16.1. The smallest absolute Gasteiger partial charge is 0.144 e. The molecule has 0 fully saturated rings. The monoisotopic (exact) mass is 878 g/mol. The number of aryl methyl sites for hydroxylation is 2. The van der Waals surface area contributed by atoms with E-state index in [1.807, 2.05) is 12.4 Å². The molecule has 0 N–H and O–H groups in total. The molecule has 11 aromatic rings. The van der Waals surface area contributed by atoms with Gasteiger partial charge in [0.2, 0.25) is 0 Å². The second-order valence-electron chi connectivity index (χ2n) is 21.2. The SMILES string of the molecule is Cc1cc(C)cc(N(c2ccc3c(c2)C(C)(C)c2cc(-c4ccncc4)c4oc5ccccc5c4c2-3)c2ccc3c(c2)C(C)(C)c2c4c(c5oc6ccccc6c5c2-3)-c2ccccc2C4(C)C)c1. The predicted octanol–water partition coefficient (Wildman–Crippen LogP) is 17.6. The summed E-state index contributed by atoms with van der Waals surface area (Å²) in [6.45, 7) is 18.9. The summed E-state index contributed by atoms with van der Waals surface area (Å²) >= 11 is 0. The molecule has 328 valence electrons. The molecular formula is C64H50N2O2. The van der Waals surface area contributed by atoms with E-state index >= 15 is 0 Å². The molecule has 0 unspecified atom stereocenters. The summed E-state index contributed by atoms with van der Waals surface area (Å²) < 4.78 is 13.8. The molecule has 0 bridgehead atoms. The zero-order valence-electron chi connectivity index (χ0n) is 39.7. The Kier molecular flexibility index (Phi) is 7.70. The summed E-state index contributed by atoms with van der Waals surface area (Å²) in [7, 11) is 0. The second-order valence-corrected chi connectivity index (χ2v) is 21.2. The van der Waals surface area contributed by atoms with E-state index < -0.39 is 0 Å². The van der Waals surface area contributed by atoms with Crippen molar-refractivity contribution in [3.63, 3.8) is 0 Å². The van der Waals surface area contributed by atoms with E-state index in [2.05, 4.69) is 211 Å². The number of para-hydroxylation sites is 2. The number of hydrogen-bond donors (Lipinski definition) is 0. The van der Waals surface area contributed by atoms with Crippen molar-refractivity contribution < 1.29 is 8.83 Å². The van der Waals surface area contributed by atoms with Gasteiger partial charge in [-0.25, -0.2) is 0 Å². The molecule has 0 saturated carbocycles. The number of benzene rings is 8. The van der Waals surface area contributed by atoms with Crippen molar-refractivity contribution in [1.29, 1.82) is 0 Å². The summed E-state index contributed by atoms with van der Waals surface area (Å²) in [4.78, 5) is 6.86. The van der Waals surface area contributed by atoms with Gasteiger partial charge in [-0.3, -0.25) is 4.98 Å². The maximum atomic E-state index is 6.98. The van der Waals surface area contributed by atoms with E-state index in [-0.39, 0.29) is 16.2 Å². The molecular weight excluding hydrogens is 829 g/mol. The molecule has 3 aliphatic carbocycles. The first-order valence-corrected chi connectivity index (χ1v) is 24.0. The molecule has 0 atom stereocenters. The Morgan fingerprint density at radius 1 is 0.412 bits per heavy atom. The van der Waals surface area contributed by atoms with Crippen LogP contribution in [0, 0.1) is 13.8 Å². The molecule has 3 aliphatic rings. The van der Waals surface area contributed by atoms with Crippen molar-refractivity contribution >= 4 is 60.9 Å². The molecule has 14 rings (SSSR count). The van der Waals surface area contributed by atoms with Gasteiger partial charge in [-0.2, -0.15) is 0 Å². The van der Waals surface area contributed by atoms with Crippen LogP contribution in [0.25, 0.3) is 88.4 Å². The molecule has 0 aliphatic heterocycles. The highest BCUT2D eigenvalue weighted by molar-refractivity contribution is 6.21. The van der Waals surface area contributed by atoms with Crippen LogP contribution in [0.15, 0.2) is 167 Å². The summed E-state index contributed by atoms with van der Waals surface area (Å²) in [5.41, 5.74) is 26.7. The molecule has 0 saturated heterocycles. The normalized spacial score (nSPS) is 15.4. The quantitative estimate of drug-likeness (QED) is 0.177. The lowest BCUT2D eigenvalue weighted by Crippen LogP contribution is -2.24. The van der Waals surface area contributed by atoms with Crippen molar-refractivity contribution in [2.45, 2.75) is 71.6 Å². The van der Waals surface area contributed by atoms with Crippen LogP contribution in [0.2, 0.25) is 0 Å². The summed E-state index contributed by atoms with van der Waals surface area (Å²) in [5, 5.41) is 4.70. The standard InChI is InChI=1S/C64H50N2O2/c1-35-29-36(2)31-40(30-35)66(38-21-23-42-48(32-38)62(3,4)50-34-46(37-25-27-65-28-26-37)60-55(53(42)50)44-16-10-13-19-51(44)67-60)39-22-24-43-49(33-39)64(7,8)58-54(43)56-45-17-11-14-20-52(45)68-61(56)57-41-15-9-12-18-47(41)63(5,6)59(57)58/h9-34H,1-8H3. The number of pyridine rings is 1. The van der Waals surface area contributed by atoms with Gasteiger partial charge in [0, 0.05) is 78.4 Å². The van der Waals surface area contributed by atoms with Gasteiger partial charge in [0.15, 0.2) is 0 Å². The van der Waals surface area contributed by atoms with Crippen molar-refractivity contribution in [2.75, 3.05) is 4.90 Å². The van der Waals surface area contributed by atoms with E-state index in [4.69, 9.17) is 8.83 Å². The molecule has 4 nitrogen and oxygen atoms in total. The average Bonchev–Trinajstić information content (AvgIpc) is 4.08. The van der Waals surface area contributed by atoms with Gasteiger partial charge in [-0.15, -0.1) is 0 Å². The molecule has 68 heavy (non-hydrogen) atoms. The first-order chi connectivity index (χ1) is 32.8. The number of furan rings is 2. The van der Waals surface area contributed by atoms with Gasteiger partial charge >= 0.3 is 0 Å². The molecule has 8 aromatic carbocycles. The number of rotatable bonds is 4. The van der Waals surface area contributed by atoms with Crippen LogP contribution in [0.1, 0.15) is 86.1 Å². The Hall–Kier alpha value is -7.69. The Morgan fingerprint density at radius 2 is 0.941 bits per heavy atom. The largest absolute Gasteiger partial charge is 0.455 e. The molecule has 0 radical (unpaired) electrons. The lowest BCUT2D eigenvalue weighted by molar-refractivity contribution is 0.600. The topological polar surface area (TPSA) is 42.4 Å². The zero-order chi connectivity index (χ0) is 46.2. The number of nitrogens with zero attached hydrogens (tertiary/aromatic N) is 2. The van der Waals surface area contributed by atoms with Gasteiger partial charge in [0.05, 0.1) is 0 Å². The van der Waals surface area contributed by atoms with Crippen molar-refractivity contribution in [3.05, 3.63) is 202 Å². The van der Waals surface area contributed by atoms with Crippen molar-refractivity contribution in [3.8, 4) is 44.5 Å². The van der Waals surface area contributed by atoms with Crippen LogP contribution >= 0.6 is 0 Å². The number of hydrogen-bond acceptors (Lipinski definition) is 4. The summed E-state index contributed by atoms with van der Waals surface area (Å²) in [5.74, 6) is 0. The minimum atomic E-state index is -0.322. The van der Waals surface area contributed by atoms with Gasteiger partial charge in [-0.1, -0.05) is 120 Å². The van der Waals surface area contributed by atoms with Gasteiger partial charge < -0.3 is 13.7 Å².